The number of fused-ring (bicyclic) bond motifs is 1. The van der Waals surface area contributed by atoms with E-state index in [-0.39, 0.29) is 18.2 Å². The van der Waals surface area contributed by atoms with Gasteiger partial charge in [0.15, 0.2) is 5.65 Å². The molecule has 1 saturated carbocycles. The number of aromatic nitrogens is 4. The van der Waals surface area contributed by atoms with Crippen molar-refractivity contribution in [3.8, 4) is 17.5 Å². The molecule has 1 fully saturated rings. The number of anilines is 1. The van der Waals surface area contributed by atoms with Gasteiger partial charge in [-0.25, -0.2) is 13.9 Å². The predicted octanol–water partition coefficient (Wildman–Crippen LogP) is 2.08. The van der Waals surface area contributed by atoms with Crippen LogP contribution in [0.4, 0.5) is 10.1 Å². The maximum atomic E-state index is 14.0. The molecule has 0 bridgehead atoms. The highest BCUT2D eigenvalue weighted by atomic mass is 19.1. The molecule has 0 aromatic carbocycles. The van der Waals surface area contributed by atoms with Gasteiger partial charge in [0.2, 0.25) is 0 Å². The second-order valence-electron chi connectivity index (χ2n) is 8.13. The Labute approximate surface area is 177 Å². The lowest BCUT2D eigenvalue weighted by molar-refractivity contribution is -0.00177. The fourth-order valence-electron chi connectivity index (χ4n) is 2.98. The minimum atomic E-state index is -1.61. The van der Waals surface area contributed by atoms with Crippen LogP contribution in [0, 0.1) is 11.3 Å². The average Bonchev–Trinajstić information content (AvgIpc) is 3.46. The molecule has 1 atom stereocenters. The van der Waals surface area contributed by atoms with Gasteiger partial charge in [-0.2, -0.15) is 10.4 Å². The minimum absolute atomic E-state index is 0.269. The Balaban J connectivity index is 1.63. The van der Waals surface area contributed by atoms with E-state index in [4.69, 9.17) is 5.26 Å². The summed E-state index contributed by atoms with van der Waals surface area (Å²) >= 11 is 0. The molecule has 1 amide bonds. The van der Waals surface area contributed by atoms with Gasteiger partial charge >= 0.3 is 0 Å². The highest BCUT2D eigenvalue weighted by molar-refractivity contribution is 6.00. The standard InChI is InChI=1S/C21H22FN7O2/c1-21(2,31)18(22)11-26-20(30)14-9-24-16(6-15(14)28-13-3-4-13)17-10-25-19-5-12(7-23)8-27-29(17)19/h5-6,8-10,13,18,31H,3-4,11H2,1-2H3,(H,24,28)(H,26,30)/t18-/m1/s1. The quantitative estimate of drug-likeness (QED) is 0.531. The van der Waals surface area contributed by atoms with Crippen molar-refractivity contribution >= 4 is 17.2 Å². The molecule has 10 heteroatoms. The molecule has 0 spiro atoms. The molecule has 0 radical (unpaired) electrons. The molecule has 3 heterocycles. The van der Waals surface area contributed by atoms with Crippen LogP contribution >= 0.6 is 0 Å². The van der Waals surface area contributed by atoms with Gasteiger partial charge in [0, 0.05) is 18.3 Å². The zero-order valence-electron chi connectivity index (χ0n) is 17.1. The van der Waals surface area contributed by atoms with Gasteiger partial charge in [-0.15, -0.1) is 0 Å². The zero-order valence-corrected chi connectivity index (χ0v) is 17.1. The summed E-state index contributed by atoms with van der Waals surface area (Å²) in [6.07, 6.45) is 4.86. The number of alkyl halides is 1. The average molecular weight is 423 g/mol. The van der Waals surface area contributed by atoms with Crippen LogP contribution in [0.25, 0.3) is 17.0 Å². The van der Waals surface area contributed by atoms with Gasteiger partial charge in [-0.05, 0) is 32.8 Å². The number of nitrogens with one attached hydrogen (secondary N) is 2. The van der Waals surface area contributed by atoms with E-state index >= 15 is 0 Å². The van der Waals surface area contributed by atoms with Crippen LogP contribution in [-0.2, 0) is 0 Å². The molecular formula is C21H22FN7O2. The van der Waals surface area contributed by atoms with Crippen molar-refractivity contribution in [2.24, 2.45) is 0 Å². The van der Waals surface area contributed by atoms with E-state index in [0.717, 1.165) is 12.8 Å². The predicted molar refractivity (Wildman–Crippen MR) is 111 cm³/mol. The number of halogens is 1. The minimum Gasteiger partial charge on any atom is -0.387 e. The van der Waals surface area contributed by atoms with Crippen LogP contribution in [0.15, 0.2) is 30.7 Å². The number of imidazole rings is 1. The second-order valence-corrected chi connectivity index (χ2v) is 8.13. The van der Waals surface area contributed by atoms with Crippen molar-refractivity contribution in [3.05, 3.63) is 41.9 Å². The summed E-state index contributed by atoms with van der Waals surface area (Å²) in [6.45, 7) is 2.39. The molecule has 3 aromatic rings. The third-order valence-corrected chi connectivity index (χ3v) is 5.05. The zero-order chi connectivity index (χ0) is 22.2. The van der Waals surface area contributed by atoms with E-state index in [0.29, 0.717) is 28.3 Å². The van der Waals surface area contributed by atoms with Crippen LogP contribution in [0.5, 0.6) is 0 Å². The number of nitrogens with zero attached hydrogens (tertiary/aromatic N) is 5. The molecule has 160 valence electrons. The molecule has 9 nitrogen and oxygen atoms in total. The summed E-state index contributed by atoms with van der Waals surface area (Å²) in [6, 6.07) is 5.65. The molecular weight excluding hydrogens is 401 g/mol. The third kappa shape index (κ3) is 4.46. The van der Waals surface area contributed by atoms with E-state index in [1.165, 1.54) is 26.2 Å². The molecule has 31 heavy (non-hydrogen) atoms. The first-order valence-electron chi connectivity index (χ1n) is 9.91. The maximum Gasteiger partial charge on any atom is 0.255 e. The SMILES string of the molecule is CC(C)(O)[C@H](F)CNC(=O)c1cnc(-c2cnc3cc(C#N)cnn23)cc1NC1CC1. The lowest BCUT2D eigenvalue weighted by atomic mass is 10.0. The summed E-state index contributed by atoms with van der Waals surface area (Å²) in [7, 11) is 0. The third-order valence-electron chi connectivity index (χ3n) is 5.05. The Morgan fingerprint density at radius 2 is 2.13 bits per heavy atom. The second kappa shape index (κ2) is 7.92. The number of hydrogen-bond donors (Lipinski definition) is 3. The number of carbonyl (C=O) groups is 1. The lowest BCUT2D eigenvalue weighted by Crippen LogP contribution is -2.42. The monoisotopic (exact) mass is 423 g/mol. The Hall–Kier alpha value is -3.58. The lowest BCUT2D eigenvalue weighted by Gasteiger charge is -2.22. The summed E-state index contributed by atoms with van der Waals surface area (Å²) < 4.78 is 15.6. The van der Waals surface area contributed by atoms with Gasteiger partial charge in [-0.3, -0.25) is 9.78 Å². The van der Waals surface area contributed by atoms with Crippen molar-refractivity contribution in [2.75, 3.05) is 11.9 Å². The summed E-state index contributed by atoms with van der Waals surface area (Å²) in [5, 5.41) is 28.8. The number of carbonyl (C=O) groups excluding carboxylic acids is 1. The summed E-state index contributed by atoms with van der Waals surface area (Å²) in [4.78, 5) is 21.3. The van der Waals surface area contributed by atoms with Gasteiger partial charge in [0.1, 0.15) is 17.9 Å². The smallest absolute Gasteiger partial charge is 0.255 e. The van der Waals surface area contributed by atoms with Crippen LogP contribution < -0.4 is 10.6 Å². The Morgan fingerprint density at radius 1 is 1.35 bits per heavy atom. The fraction of sp³-hybridized carbons (Fsp3) is 0.381. The highest BCUT2D eigenvalue weighted by Gasteiger charge is 2.28. The van der Waals surface area contributed by atoms with E-state index in [1.54, 1.807) is 22.8 Å². The molecule has 4 rings (SSSR count). The summed E-state index contributed by atoms with van der Waals surface area (Å²) in [5.41, 5.74) is 1.37. The Kier molecular flexibility index (Phi) is 5.29. The molecule has 3 N–H and O–H groups in total. The largest absolute Gasteiger partial charge is 0.387 e. The van der Waals surface area contributed by atoms with Crippen LogP contribution in [0.3, 0.4) is 0 Å². The van der Waals surface area contributed by atoms with Crippen molar-refractivity contribution < 1.29 is 14.3 Å². The van der Waals surface area contributed by atoms with E-state index < -0.39 is 17.7 Å². The number of aliphatic hydroxyl groups is 1. The number of amides is 1. The van der Waals surface area contributed by atoms with Crippen molar-refractivity contribution in [3.63, 3.8) is 0 Å². The van der Waals surface area contributed by atoms with E-state index in [2.05, 4.69) is 25.7 Å². The van der Waals surface area contributed by atoms with Gasteiger partial charge < -0.3 is 15.7 Å². The number of rotatable bonds is 7. The van der Waals surface area contributed by atoms with Crippen LogP contribution in [-0.4, -0.2) is 55.0 Å². The number of hydrogen-bond acceptors (Lipinski definition) is 7. The van der Waals surface area contributed by atoms with Crippen LogP contribution in [0.1, 0.15) is 42.6 Å². The van der Waals surface area contributed by atoms with Gasteiger partial charge in [0.05, 0.1) is 47.0 Å². The normalized spacial score (nSPS) is 14.8. The number of nitriles is 1. The first-order chi connectivity index (χ1) is 14.8. The van der Waals surface area contributed by atoms with Gasteiger partial charge in [-0.1, -0.05) is 0 Å². The first kappa shape index (κ1) is 20.7. The molecule has 0 unspecified atom stereocenters. The topological polar surface area (TPSA) is 128 Å². The summed E-state index contributed by atoms with van der Waals surface area (Å²) in [5.74, 6) is -0.482. The molecule has 1 aliphatic carbocycles. The van der Waals surface area contributed by atoms with Crippen molar-refractivity contribution in [2.45, 2.75) is 44.5 Å². The number of pyridine rings is 1. The molecule has 3 aromatic heterocycles. The maximum absolute atomic E-state index is 14.0. The highest BCUT2D eigenvalue weighted by Crippen LogP contribution is 2.29. The Bertz CT molecular complexity index is 1170. The van der Waals surface area contributed by atoms with E-state index in [1.807, 2.05) is 6.07 Å². The molecule has 0 saturated heterocycles. The van der Waals surface area contributed by atoms with Gasteiger partial charge in [0.25, 0.3) is 5.91 Å². The van der Waals surface area contributed by atoms with E-state index in [9.17, 15) is 14.3 Å². The van der Waals surface area contributed by atoms with Crippen LogP contribution in [0.2, 0.25) is 0 Å². The van der Waals surface area contributed by atoms with Crippen molar-refractivity contribution in [1.29, 1.82) is 5.26 Å². The van der Waals surface area contributed by atoms with Crippen molar-refractivity contribution in [1.82, 2.24) is 24.9 Å². The molecule has 1 aliphatic rings. The first-order valence-corrected chi connectivity index (χ1v) is 9.91. The molecule has 0 aliphatic heterocycles. The fourth-order valence-corrected chi connectivity index (χ4v) is 2.98. The Morgan fingerprint density at radius 3 is 2.81 bits per heavy atom.